The monoisotopic (exact) mass is 430 g/mol. The number of ether oxygens (including phenoxy) is 1. The van der Waals surface area contributed by atoms with E-state index in [2.05, 4.69) is 27.5 Å². The minimum absolute atomic E-state index is 0.119. The lowest BCUT2D eigenvalue weighted by molar-refractivity contribution is 0.0156. The molecule has 2 N–H and O–H groups in total. The van der Waals surface area contributed by atoms with Crippen LogP contribution in [0.4, 0.5) is 14.5 Å². The third-order valence-electron chi connectivity index (χ3n) is 5.84. The summed E-state index contributed by atoms with van der Waals surface area (Å²) in [6, 6.07) is 7.22. The van der Waals surface area contributed by atoms with Crippen LogP contribution in [0.3, 0.4) is 0 Å². The molecule has 0 unspecified atom stereocenters. The number of rotatable bonds is 4. The van der Waals surface area contributed by atoms with E-state index in [1.807, 2.05) is 18.2 Å². The van der Waals surface area contributed by atoms with Crippen LogP contribution in [0, 0.1) is 0 Å². The highest BCUT2D eigenvalue weighted by Crippen LogP contribution is 2.40. The van der Waals surface area contributed by atoms with Crippen molar-refractivity contribution in [2.75, 3.05) is 31.1 Å². The van der Waals surface area contributed by atoms with Crippen molar-refractivity contribution in [2.24, 2.45) is 7.05 Å². The number of aromatic amines is 1. The number of hydrogen-bond acceptors (Lipinski definition) is 6. The van der Waals surface area contributed by atoms with E-state index >= 15 is 0 Å². The summed E-state index contributed by atoms with van der Waals surface area (Å²) in [5.41, 5.74) is 1.41. The molecule has 2 fully saturated rings. The maximum Gasteiger partial charge on any atom is 0.290 e. The van der Waals surface area contributed by atoms with E-state index < -0.39 is 24.6 Å². The van der Waals surface area contributed by atoms with Crippen molar-refractivity contribution >= 4 is 16.6 Å². The Kier molecular flexibility index (Phi) is 4.51. The molecule has 2 aromatic heterocycles. The molecule has 1 aliphatic heterocycles. The van der Waals surface area contributed by atoms with E-state index in [1.165, 1.54) is 16.6 Å². The quantitative estimate of drug-likeness (QED) is 0.661. The number of fused-ring (bicyclic) bond motifs is 1. The number of anilines is 1. The number of nitrogens with zero attached hydrogens (tertiary/aromatic N) is 4. The zero-order valence-corrected chi connectivity index (χ0v) is 17.4. The van der Waals surface area contributed by atoms with Gasteiger partial charge in [0.2, 0.25) is 0 Å². The van der Waals surface area contributed by atoms with Crippen LogP contribution in [0.5, 0.6) is 5.75 Å². The Morgan fingerprint density at radius 3 is 2.81 bits per heavy atom. The van der Waals surface area contributed by atoms with Crippen LogP contribution in [0.2, 0.25) is 0 Å². The van der Waals surface area contributed by atoms with Gasteiger partial charge in [0.15, 0.2) is 0 Å². The van der Waals surface area contributed by atoms with Gasteiger partial charge in [-0.3, -0.25) is 9.89 Å². The van der Waals surface area contributed by atoms with Gasteiger partial charge in [-0.15, -0.1) is 0 Å². The normalized spacial score (nSPS) is 19.9. The molecule has 8 nitrogen and oxygen atoms in total. The zero-order valence-electron chi connectivity index (χ0n) is 17.4. The molecule has 0 bridgehead atoms. The van der Waals surface area contributed by atoms with Crippen molar-refractivity contribution in [3.63, 3.8) is 0 Å². The molecule has 3 heterocycles. The second kappa shape index (κ2) is 7.01. The third kappa shape index (κ3) is 3.87. The van der Waals surface area contributed by atoms with Gasteiger partial charge >= 0.3 is 0 Å². The van der Waals surface area contributed by atoms with Crippen molar-refractivity contribution in [1.82, 2.24) is 25.3 Å². The lowest BCUT2D eigenvalue weighted by Gasteiger charge is -2.25. The van der Waals surface area contributed by atoms with Gasteiger partial charge in [0.1, 0.15) is 28.4 Å². The fraction of sp³-hybridized carbons (Fsp3) is 0.476. The van der Waals surface area contributed by atoms with Gasteiger partial charge in [-0.1, -0.05) is 0 Å². The summed E-state index contributed by atoms with van der Waals surface area (Å²) in [5, 5.41) is 15.2. The molecule has 164 valence electrons. The van der Waals surface area contributed by atoms with Gasteiger partial charge in [-0.2, -0.15) is 10.2 Å². The van der Waals surface area contributed by atoms with E-state index in [0.29, 0.717) is 24.5 Å². The number of H-pyrrole nitrogens is 1. The third-order valence-corrected chi connectivity index (χ3v) is 5.84. The Morgan fingerprint density at radius 1 is 1.23 bits per heavy atom. The Hall–Kier alpha value is -3.01. The lowest BCUT2D eigenvalue weighted by atomic mass is 10.1. The van der Waals surface area contributed by atoms with Gasteiger partial charge in [0.25, 0.3) is 11.5 Å². The predicted octanol–water partition coefficient (Wildman–Crippen LogP) is 2.30. The van der Waals surface area contributed by atoms with Crippen LogP contribution in [-0.4, -0.2) is 57.7 Å². The molecule has 5 rings (SSSR count). The van der Waals surface area contributed by atoms with Crippen molar-refractivity contribution in [2.45, 2.75) is 31.3 Å². The topological polar surface area (TPSA) is 88.1 Å². The Morgan fingerprint density at radius 2 is 2.03 bits per heavy atom. The van der Waals surface area contributed by atoms with Crippen molar-refractivity contribution in [3.8, 4) is 17.1 Å². The smallest absolute Gasteiger partial charge is 0.290 e. The maximum atomic E-state index is 14.1. The highest BCUT2D eigenvalue weighted by Gasteiger charge is 2.40. The summed E-state index contributed by atoms with van der Waals surface area (Å²) in [6.07, 6.45) is 2.04. The Bertz CT molecular complexity index is 1200. The Labute approximate surface area is 177 Å². The molecular formula is C21H24F2N6O2. The molecule has 1 saturated carbocycles. The van der Waals surface area contributed by atoms with E-state index in [0.717, 1.165) is 29.5 Å². The molecule has 2 aliphatic rings. The number of hydrogen-bond donors (Lipinski definition) is 2. The minimum Gasteiger partial charge on any atom is -0.488 e. The number of benzene rings is 1. The zero-order chi connectivity index (χ0) is 21.8. The molecule has 1 aromatic carbocycles. The molecule has 10 heteroatoms. The van der Waals surface area contributed by atoms with Crippen molar-refractivity contribution in [1.29, 1.82) is 0 Å². The fourth-order valence-corrected chi connectivity index (χ4v) is 3.85. The maximum absolute atomic E-state index is 14.1. The molecule has 31 heavy (non-hydrogen) atoms. The molecule has 0 atom stereocenters. The second-order valence-corrected chi connectivity index (χ2v) is 8.63. The van der Waals surface area contributed by atoms with Crippen LogP contribution in [-0.2, 0) is 7.05 Å². The molecular weight excluding hydrogens is 406 g/mol. The average Bonchev–Trinajstić information content (AvgIpc) is 3.34. The van der Waals surface area contributed by atoms with E-state index in [-0.39, 0.29) is 11.3 Å². The summed E-state index contributed by atoms with van der Waals surface area (Å²) in [4.78, 5) is 14.2. The van der Waals surface area contributed by atoms with Gasteiger partial charge in [-0.25, -0.2) is 13.5 Å². The van der Waals surface area contributed by atoms with Crippen LogP contribution in [0.25, 0.3) is 22.3 Å². The van der Waals surface area contributed by atoms with Crippen LogP contribution >= 0.6 is 0 Å². The lowest BCUT2D eigenvalue weighted by Crippen LogP contribution is -2.41. The summed E-state index contributed by atoms with van der Waals surface area (Å²) < 4.78 is 35.5. The van der Waals surface area contributed by atoms with Gasteiger partial charge < -0.3 is 15.0 Å². The van der Waals surface area contributed by atoms with E-state index in [1.54, 1.807) is 6.07 Å². The minimum atomic E-state index is -2.94. The van der Waals surface area contributed by atoms with E-state index in [4.69, 9.17) is 4.74 Å². The SMILES string of the molecule is Cn1nc(-c2n[nH]c3ccc(OC4(C)CC4)cc23)cc(N2CCNCC(F)(F)C2)c1=O. The first-order valence-electron chi connectivity index (χ1n) is 10.3. The largest absolute Gasteiger partial charge is 0.488 e. The highest BCUT2D eigenvalue weighted by atomic mass is 19.3. The van der Waals surface area contributed by atoms with E-state index in [9.17, 15) is 13.6 Å². The Balaban J connectivity index is 1.57. The number of aryl methyl sites for hydroxylation is 1. The number of halogens is 2. The van der Waals surface area contributed by atoms with Crippen molar-refractivity contribution in [3.05, 3.63) is 34.6 Å². The summed E-state index contributed by atoms with van der Waals surface area (Å²) in [6.45, 7) is 1.79. The van der Waals surface area contributed by atoms with Gasteiger partial charge in [-0.05, 0) is 44.0 Å². The second-order valence-electron chi connectivity index (χ2n) is 8.63. The van der Waals surface area contributed by atoms with Crippen LogP contribution in [0.15, 0.2) is 29.1 Å². The number of alkyl halides is 2. The molecule has 0 amide bonds. The molecule has 0 radical (unpaired) electrons. The molecule has 3 aromatic rings. The number of aromatic nitrogens is 4. The molecule has 1 saturated heterocycles. The van der Waals surface area contributed by atoms with Crippen LogP contribution < -0.4 is 20.5 Å². The standard InChI is InChI=1S/C21H24F2N6O2/c1-20(5-6-20)31-13-3-4-15-14(9-13)18(26-25-15)16-10-17(19(30)28(2)27-16)29-8-7-24-11-21(22,23)12-29/h3-4,9-10,24H,5-8,11-12H2,1-2H3,(H,25,26). The van der Waals surface area contributed by atoms with Gasteiger partial charge in [0, 0.05) is 25.5 Å². The first kappa shape index (κ1) is 19.9. The highest BCUT2D eigenvalue weighted by molar-refractivity contribution is 5.93. The summed E-state index contributed by atoms with van der Waals surface area (Å²) in [7, 11) is 1.51. The molecule has 1 aliphatic carbocycles. The van der Waals surface area contributed by atoms with Crippen molar-refractivity contribution < 1.29 is 13.5 Å². The first-order valence-corrected chi connectivity index (χ1v) is 10.3. The average molecular weight is 430 g/mol. The predicted molar refractivity (Wildman–Crippen MR) is 113 cm³/mol. The summed E-state index contributed by atoms with van der Waals surface area (Å²) in [5.74, 6) is -2.20. The fourth-order valence-electron chi connectivity index (χ4n) is 3.85. The molecule has 0 spiro atoms. The first-order chi connectivity index (χ1) is 14.7. The summed E-state index contributed by atoms with van der Waals surface area (Å²) >= 11 is 0. The van der Waals surface area contributed by atoms with Crippen LogP contribution in [0.1, 0.15) is 19.8 Å². The number of nitrogens with one attached hydrogen (secondary N) is 2. The van der Waals surface area contributed by atoms with Gasteiger partial charge in [0.05, 0.1) is 18.6 Å².